The zero-order chi connectivity index (χ0) is 19.2. The van der Waals surface area contributed by atoms with E-state index in [1.165, 1.54) is 6.08 Å². The van der Waals surface area contributed by atoms with Crippen molar-refractivity contribution in [2.45, 2.75) is 6.61 Å². The Morgan fingerprint density at radius 1 is 1.07 bits per heavy atom. The summed E-state index contributed by atoms with van der Waals surface area (Å²) in [5.41, 5.74) is 3.34. The standard InChI is InChI=1S/C22H17N3O2S/c26-21(27-16-18-7-4-5-13-23-18)12-11-17-15-25(19-8-2-1-3-9-19)24-22(17)20-10-6-14-28-20/h1-15H,16H2/b12-11+. The van der Waals surface area contributed by atoms with Crippen LogP contribution in [0.3, 0.4) is 0 Å². The van der Waals surface area contributed by atoms with Gasteiger partial charge < -0.3 is 4.74 Å². The van der Waals surface area contributed by atoms with Gasteiger partial charge in [0.15, 0.2) is 0 Å². The van der Waals surface area contributed by atoms with E-state index in [1.807, 2.05) is 76.9 Å². The molecule has 0 radical (unpaired) electrons. The monoisotopic (exact) mass is 387 g/mol. The molecule has 138 valence electrons. The molecular weight excluding hydrogens is 370 g/mol. The number of para-hydroxylation sites is 1. The number of carbonyl (C=O) groups is 1. The van der Waals surface area contributed by atoms with Gasteiger partial charge in [0.05, 0.1) is 16.3 Å². The topological polar surface area (TPSA) is 57.0 Å². The third-order valence-corrected chi connectivity index (χ3v) is 4.88. The highest BCUT2D eigenvalue weighted by Crippen LogP contribution is 2.28. The van der Waals surface area contributed by atoms with Crippen LogP contribution in [0, 0.1) is 0 Å². The smallest absolute Gasteiger partial charge is 0.331 e. The first kappa shape index (κ1) is 17.9. The van der Waals surface area contributed by atoms with Crippen molar-refractivity contribution in [3.63, 3.8) is 0 Å². The van der Waals surface area contributed by atoms with Gasteiger partial charge in [-0.1, -0.05) is 30.3 Å². The van der Waals surface area contributed by atoms with E-state index in [9.17, 15) is 4.79 Å². The lowest BCUT2D eigenvalue weighted by Gasteiger charge is -2.00. The number of carbonyl (C=O) groups excluding carboxylic acids is 1. The molecule has 0 bridgehead atoms. The number of benzene rings is 1. The largest absolute Gasteiger partial charge is 0.456 e. The summed E-state index contributed by atoms with van der Waals surface area (Å²) in [6.45, 7) is 0.144. The fourth-order valence-corrected chi connectivity index (χ4v) is 3.39. The van der Waals surface area contributed by atoms with Crippen molar-refractivity contribution in [3.8, 4) is 16.3 Å². The second-order valence-electron chi connectivity index (χ2n) is 5.95. The summed E-state index contributed by atoms with van der Waals surface area (Å²) in [7, 11) is 0. The van der Waals surface area contributed by atoms with E-state index in [4.69, 9.17) is 9.84 Å². The summed E-state index contributed by atoms with van der Waals surface area (Å²) >= 11 is 1.61. The SMILES string of the molecule is O=C(/C=C/c1cn(-c2ccccc2)nc1-c1cccs1)OCc1ccccn1. The lowest BCUT2D eigenvalue weighted by Crippen LogP contribution is -2.01. The molecule has 5 nitrogen and oxygen atoms in total. The van der Waals surface area contributed by atoms with E-state index in [-0.39, 0.29) is 6.61 Å². The Morgan fingerprint density at radius 2 is 1.93 bits per heavy atom. The van der Waals surface area contributed by atoms with E-state index >= 15 is 0 Å². The van der Waals surface area contributed by atoms with Crippen molar-refractivity contribution in [3.05, 3.63) is 95.8 Å². The Hall–Kier alpha value is -3.51. The summed E-state index contributed by atoms with van der Waals surface area (Å²) < 4.78 is 7.07. The Balaban J connectivity index is 1.55. The van der Waals surface area contributed by atoms with Crippen LogP contribution < -0.4 is 0 Å². The average molecular weight is 387 g/mol. The highest BCUT2D eigenvalue weighted by Gasteiger charge is 2.12. The number of aromatic nitrogens is 3. The predicted molar refractivity (Wildman–Crippen MR) is 110 cm³/mol. The summed E-state index contributed by atoms with van der Waals surface area (Å²) in [5, 5.41) is 6.71. The Morgan fingerprint density at radius 3 is 2.68 bits per heavy atom. The molecule has 3 heterocycles. The van der Waals surface area contributed by atoms with Gasteiger partial charge in [-0.15, -0.1) is 11.3 Å². The molecule has 3 aromatic heterocycles. The molecule has 0 saturated carbocycles. The van der Waals surface area contributed by atoms with E-state index in [0.717, 1.165) is 21.8 Å². The number of rotatable bonds is 6. The van der Waals surface area contributed by atoms with E-state index < -0.39 is 5.97 Å². The van der Waals surface area contributed by atoms with Gasteiger partial charge in [-0.05, 0) is 41.8 Å². The summed E-state index contributed by atoms with van der Waals surface area (Å²) in [4.78, 5) is 17.3. The number of hydrogen-bond donors (Lipinski definition) is 0. The molecule has 0 saturated heterocycles. The number of esters is 1. The first-order chi connectivity index (χ1) is 13.8. The Labute approximate surface area is 166 Å². The maximum absolute atomic E-state index is 12.1. The van der Waals surface area contributed by atoms with Crippen LogP contribution in [0.25, 0.3) is 22.3 Å². The van der Waals surface area contributed by atoms with E-state index in [1.54, 1.807) is 23.6 Å². The van der Waals surface area contributed by atoms with Gasteiger partial charge in [0.1, 0.15) is 12.3 Å². The van der Waals surface area contributed by atoms with Crippen LogP contribution >= 0.6 is 11.3 Å². The minimum absolute atomic E-state index is 0.144. The Bertz CT molecular complexity index is 1070. The molecular formula is C22H17N3O2S. The number of nitrogens with zero attached hydrogens (tertiary/aromatic N) is 3. The van der Waals surface area contributed by atoms with Crippen LogP contribution in [-0.2, 0) is 16.1 Å². The van der Waals surface area contributed by atoms with Crippen molar-refractivity contribution in [2.24, 2.45) is 0 Å². The maximum Gasteiger partial charge on any atom is 0.331 e. The molecule has 0 unspecified atom stereocenters. The number of ether oxygens (including phenoxy) is 1. The van der Waals surface area contributed by atoms with Crippen LogP contribution in [0.2, 0.25) is 0 Å². The fourth-order valence-electron chi connectivity index (χ4n) is 2.66. The maximum atomic E-state index is 12.1. The molecule has 0 aliphatic heterocycles. The molecule has 4 rings (SSSR count). The lowest BCUT2D eigenvalue weighted by molar-refractivity contribution is -0.139. The second-order valence-corrected chi connectivity index (χ2v) is 6.90. The molecule has 0 aliphatic rings. The molecule has 1 aromatic carbocycles. The zero-order valence-electron chi connectivity index (χ0n) is 14.9. The minimum atomic E-state index is -0.421. The summed E-state index contributed by atoms with van der Waals surface area (Å²) in [5.74, 6) is -0.421. The van der Waals surface area contributed by atoms with Crippen LogP contribution in [0.15, 0.2) is 84.5 Å². The number of hydrogen-bond acceptors (Lipinski definition) is 5. The van der Waals surface area contributed by atoms with E-state index in [0.29, 0.717) is 5.69 Å². The molecule has 0 atom stereocenters. The van der Waals surface area contributed by atoms with Gasteiger partial charge in [-0.3, -0.25) is 4.98 Å². The molecule has 0 N–H and O–H groups in total. The minimum Gasteiger partial charge on any atom is -0.456 e. The number of thiophene rings is 1. The van der Waals surface area contributed by atoms with Gasteiger partial charge in [-0.25, -0.2) is 9.48 Å². The average Bonchev–Trinajstić information content (AvgIpc) is 3.42. The van der Waals surface area contributed by atoms with Crippen molar-refractivity contribution < 1.29 is 9.53 Å². The van der Waals surface area contributed by atoms with E-state index in [2.05, 4.69) is 4.98 Å². The van der Waals surface area contributed by atoms with Crippen LogP contribution in [0.4, 0.5) is 0 Å². The molecule has 0 amide bonds. The van der Waals surface area contributed by atoms with Gasteiger partial charge in [0.2, 0.25) is 0 Å². The zero-order valence-corrected chi connectivity index (χ0v) is 15.8. The van der Waals surface area contributed by atoms with Gasteiger partial charge in [0, 0.05) is 24.0 Å². The normalized spacial score (nSPS) is 11.0. The predicted octanol–water partition coefficient (Wildman–Crippen LogP) is 4.75. The first-order valence-electron chi connectivity index (χ1n) is 8.73. The molecule has 0 aliphatic carbocycles. The third kappa shape index (κ3) is 4.24. The molecule has 0 fully saturated rings. The van der Waals surface area contributed by atoms with Gasteiger partial charge >= 0.3 is 5.97 Å². The first-order valence-corrected chi connectivity index (χ1v) is 9.61. The molecule has 0 spiro atoms. The second kappa shape index (κ2) is 8.45. The van der Waals surface area contributed by atoms with Crippen molar-refractivity contribution >= 4 is 23.4 Å². The Kier molecular flexibility index (Phi) is 5.40. The highest BCUT2D eigenvalue weighted by atomic mass is 32.1. The lowest BCUT2D eigenvalue weighted by atomic mass is 10.2. The van der Waals surface area contributed by atoms with Crippen molar-refractivity contribution in [1.29, 1.82) is 0 Å². The van der Waals surface area contributed by atoms with Crippen molar-refractivity contribution in [2.75, 3.05) is 0 Å². The van der Waals surface area contributed by atoms with Gasteiger partial charge in [-0.2, -0.15) is 5.10 Å². The number of pyridine rings is 1. The molecule has 6 heteroatoms. The third-order valence-electron chi connectivity index (χ3n) is 4.01. The summed E-state index contributed by atoms with van der Waals surface area (Å²) in [6.07, 6.45) is 6.74. The van der Waals surface area contributed by atoms with Crippen molar-refractivity contribution in [1.82, 2.24) is 14.8 Å². The van der Waals surface area contributed by atoms with Crippen LogP contribution in [0.5, 0.6) is 0 Å². The van der Waals surface area contributed by atoms with Crippen LogP contribution in [-0.4, -0.2) is 20.7 Å². The van der Waals surface area contributed by atoms with Crippen LogP contribution in [0.1, 0.15) is 11.3 Å². The quantitative estimate of drug-likeness (QED) is 0.354. The fraction of sp³-hybridized carbons (Fsp3) is 0.0455. The van der Waals surface area contributed by atoms with Gasteiger partial charge in [0.25, 0.3) is 0 Å². The highest BCUT2D eigenvalue weighted by molar-refractivity contribution is 7.13. The molecule has 28 heavy (non-hydrogen) atoms. The molecule has 4 aromatic rings. The summed E-state index contributed by atoms with van der Waals surface area (Å²) in [6, 6.07) is 19.4.